The second-order valence-corrected chi connectivity index (χ2v) is 21.0. The molecule has 0 bridgehead atoms. The maximum atomic E-state index is 9.11. The van der Waals surface area contributed by atoms with Crippen LogP contribution in [0.2, 0.25) is 0 Å². The first-order valence-corrected chi connectivity index (χ1v) is 23.5. The van der Waals surface area contributed by atoms with Crippen LogP contribution in [0.25, 0.3) is 72.3 Å². The predicted octanol–water partition coefficient (Wildman–Crippen LogP) is 15.6. The first-order valence-electron chi connectivity index (χ1n) is 27.4. The van der Waals surface area contributed by atoms with Crippen molar-refractivity contribution in [2.45, 2.75) is 78.6 Å². The summed E-state index contributed by atoms with van der Waals surface area (Å²) >= 11 is 2.16. The van der Waals surface area contributed by atoms with E-state index in [1.54, 1.807) is 18.2 Å². The fourth-order valence-electron chi connectivity index (χ4n) is 10.0. The summed E-state index contributed by atoms with van der Waals surface area (Å²) in [6.45, 7) is 20.7. The van der Waals surface area contributed by atoms with Gasteiger partial charge in [0.1, 0.15) is 0 Å². The van der Waals surface area contributed by atoms with Gasteiger partial charge in [-0.3, -0.25) is 0 Å². The Kier molecular flexibility index (Phi) is 7.64. The zero-order valence-corrected chi connectivity index (χ0v) is 41.1. The number of para-hydroxylation sites is 3. The Hall–Kier alpha value is -6.55. The van der Waals surface area contributed by atoms with Gasteiger partial charge in [0.15, 0.2) is 0 Å². The second-order valence-electron chi connectivity index (χ2n) is 20.0. The zero-order valence-electron chi connectivity index (χ0n) is 48.8. The van der Waals surface area contributed by atoms with Gasteiger partial charge in [-0.2, -0.15) is 0 Å². The number of ether oxygens (including phenoxy) is 1. The number of nitrogens with zero attached hydrogens (tertiary/aromatic N) is 4. The van der Waals surface area contributed by atoms with Gasteiger partial charge in [-0.1, -0.05) is 62.3 Å². The van der Waals surface area contributed by atoms with E-state index in [0.29, 0.717) is 32.0 Å². The topological polar surface area (TPSA) is 36.9 Å². The van der Waals surface area contributed by atoms with E-state index in [-0.39, 0.29) is 49.6 Å². The van der Waals surface area contributed by atoms with E-state index in [9.17, 15) is 0 Å². The van der Waals surface area contributed by atoms with Crippen molar-refractivity contribution in [3.05, 3.63) is 196 Å². The van der Waals surface area contributed by atoms with Crippen LogP contribution in [0.1, 0.15) is 92.7 Å². The molecule has 1 aliphatic rings. The first-order chi connectivity index (χ1) is 36.2. The Morgan fingerprint density at radius 3 is 1.84 bits per heavy atom. The van der Waals surface area contributed by atoms with Gasteiger partial charge in [-0.15, -0.1) is 0 Å². The molecule has 3 aromatic heterocycles. The number of benzene rings is 7. The third-order valence-corrected chi connectivity index (χ3v) is 15.8. The van der Waals surface area contributed by atoms with Gasteiger partial charge in [0.2, 0.25) is 0 Å². The van der Waals surface area contributed by atoms with Crippen molar-refractivity contribution in [2.75, 3.05) is 0 Å². The minimum atomic E-state index is -0.563. The first kappa shape index (κ1) is 33.0. The van der Waals surface area contributed by atoms with E-state index in [1.165, 1.54) is 11.1 Å². The Balaban J connectivity index is 1.10. The Labute approximate surface area is 418 Å². The molecule has 0 saturated heterocycles. The van der Waals surface area contributed by atoms with Crippen molar-refractivity contribution in [2.24, 2.45) is 5.41 Å². The summed E-state index contributed by atoms with van der Waals surface area (Å²) < 4.78 is 101. The molecule has 67 heavy (non-hydrogen) atoms. The average Bonchev–Trinajstić information content (AvgIpc) is 4.10. The number of aromatic nitrogens is 4. The Bertz CT molecular complexity index is 4110. The molecular formula is C61H54N4OPt-2. The number of hydrogen-bond acceptors (Lipinski definition) is 2. The summed E-state index contributed by atoms with van der Waals surface area (Å²) in [5.41, 5.74) is 7.43. The van der Waals surface area contributed by atoms with E-state index in [1.807, 2.05) is 63.9 Å². The normalized spacial score (nSPS) is 17.2. The molecule has 0 radical (unpaired) electrons. The van der Waals surface area contributed by atoms with Gasteiger partial charge in [-0.25, -0.2) is 0 Å². The summed E-state index contributed by atoms with van der Waals surface area (Å²) in [5.74, 6) is 1.62. The molecule has 0 N–H and O–H groups in total. The molecule has 0 atom stereocenters. The van der Waals surface area contributed by atoms with E-state index < -0.39 is 60.4 Å². The van der Waals surface area contributed by atoms with Crippen molar-refractivity contribution in [1.29, 1.82) is 0 Å². The molecule has 0 saturated carbocycles. The molecule has 0 unspecified atom stereocenters. The second kappa shape index (κ2) is 15.5. The molecule has 3 heterocycles. The van der Waals surface area contributed by atoms with Gasteiger partial charge in [0.05, 0.1) is 0 Å². The Morgan fingerprint density at radius 2 is 1.19 bits per heavy atom. The molecule has 0 amide bonds. The molecule has 0 spiro atoms. The van der Waals surface area contributed by atoms with Gasteiger partial charge in [0.25, 0.3) is 0 Å². The quantitative estimate of drug-likeness (QED) is 0.149. The van der Waals surface area contributed by atoms with E-state index in [2.05, 4.69) is 129 Å². The van der Waals surface area contributed by atoms with Crippen molar-refractivity contribution >= 4 is 32.8 Å². The summed E-state index contributed by atoms with van der Waals surface area (Å²) in [6.07, 6.45) is 1.87. The molecule has 0 aliphatic heterocycles. The van der Waals surface area contributed by atoms with Crippen LogP contribution < -0.4 is 4.74 Å². The SMILES string of the molecule is [2H]c1c([2H])c([2H])c(-c2cccc(-c3c([2H])c([2H])c([2H])c([2H])c3[2H])c2-n2[c](=[Pt])n(-c3[c-]c(Oc4[c-]c5c(cc4)c4cc6c(cc4n5-c4cc(C(C)(C)C)ccn4)C(C)(C)C(C)(C)C6(C)C)ccc3)c3ccccc32)c([2H])c1[2H]. The van der Waals surface area contributed by atoms with Crippen molar-refractivity contribution in [3.63, 3.8) is 0 Å². The van der Waals surface area contributed by atoms with Gasteiger partial charge in [-0.05, 0) is 44.4 Å². The van der Waals surface area contributed by atoms with Crippen molar-refractivity contribution < 1.29 is 37.8 Å². The average molecular weight is 1060 g/mol. The van der Waals surface area contributed by atoms with Crippen LogP contribution in [-0.4, -0.2) is 18.7 Å². The van der Waals surface area contributed by atoms with Crippen molar-refractivity contribution in [1.82, 2.24) is 18.7 Å². The number of hydrogen-bond donors (Lipinski definition) is 0. The van der Waals surface area contributed by atoms with Crippen LogP contribution in [0.5, 0.6) is 11.5 Å². The van der Waals surface area contributed by atoms with Gasteiger partial charge >= 0.3 is 308 Å². The fourth-order valence-corrected chi connectivity index (χ4v) is 11.1. The molecule has 11 rings (SSSR count). The molecule has 0 fully saturated rings. The van der Waals surface area contributed by atoms with Crippen LogP contribution in [0.4, 0.5) is 0 Å². The van der Waals surface area contributed by atoms with Crippen LogP contribution >= 0.6 is 0 Å². The molecule has 6 heteroatoms. The number of imidazole rings is 1. The van der Waals surface area contributed by atoms with Crippen LogP contribution in [-0.2, 0) is 35.6 Å². The minimum absolute atomic E-state index is 0.0363. The zero-order chi connectivity index (χ0) is 55.3. The molecular weight excluding hydrogens is 1000 g/mol. The molecule has 10 aromatic rings. The molecule has 1 aliphatic carbocycles. The summed E-state index contributed by atoms with van der Waals surface area (Å²) in [7, 11) is 0. The third kappa shape index (κ3) is 6.67. The Morgan fingerprint density at radius 1 is 0.597 bits per heavy atom. The van der Waals surface area contributed by atoms with Crippen LogP contribution in [0.3, 0.4) is 0 Å². The molecule has 7 aromatic carbocycles. The number of rotatable bonds is 7. The number of pyridine rings is 1. The van der Waals surface area contributed by atoms with Gasteiger partial charge < -0.3 is 0 Å². The maximum absolute atomic E-state index is 9.11. The van der Waals surface area contributed by atoms with Crippen molar-refractivity contribution in [3.8, 4) is 50.9 Å². The van der Waals surface area contributed by atoms with Crippen LogP contribution in [0.15, 0.2) is 164 Å². The van der Waals surface area contributed by atoms with E-state index in [0.717, 1.165) is 33.2 Å². The van der Waals surface area contributed by atoms with Crippen LogP contribution in [0, 0.1) is 21.4 Å². The standard InChI is InChI=1S/C61H54N4O.Pt/c1-58(2,3)42-32-33-62-56(34-42)65-54-36-45(30-31-48(54)49-37-50-51(38-55(49)65)60(6,7)61(8,9)59(50,4)5)66-44-25-18-24-43(35-44)63-39-64(53-29-17-16-28-52(53)63)57-46(40-20-12-10-13-21-40)26-19-27-47(57)41-22-14-11-15-23-41;/h10-34,37-38H,1-9H3;/q-2;/i10D,11D,12D,13D,14D,15D,20D,21D,22D,23D;. The predicted molar refractivity (Wildman–Crippen MR) is 272 cm³/mol. The summed E-state index contributed by atoms with van der Waals surface area (Å²) in [5, 5.41) is 2.11. The van der Waals surface area contributed by atoms with E-state index in [4.69, 9.17) is 23.4 Å². The number of fused-ring (bicyclic) bond motifs is 5. The fraction of sp³-hybridized carbons (Fsp3) is 0.213. The monoisotopic (exact) mass is 1060 g/mol. The van der Waals surface area contributed by atoms with E-state index >= 15 is 0 Å². The third-order valence-electron chi connectivity index (χ3n) is 14.8. The summed E-state index contributed by atoms with van der Waals surface area (Å²) in [6, 6.07) is 32.9. The molecule has 5 nitrogen and oxygen atoms in total. The van der Waals surface area contributed by atoms with Gasteiger partial charge in [0, 0.05) is 6.20 Å². The molecule has 336 valence electrons. The summed E-state index contributed by atoms with van der Waals surface area (Å²) in [4.78, 5) is 4.99.